The van der Waals surface area contributed by atoms with Crippen molar-refractivity contribution in [2.24, 2.45) is 0 Å². The van der Waals surface area contributed by atoms with Gasteiger partial charge in [-0.05, 0) is 0 Å². The molecule has 26 heavy (non-hydrogen) atoms. The third-order valence-electron chi connectivity index (χ3n) is 4.75. The van der Waals surface area contributed by atoms with Gasteiger partial charge < -0.3 is 24.1 Å². The van der Waals surface area contributed by atoms with E-state index in [-0.39, 0.29) is 11.9 Å². The van der Waals surface area contributed by atoms with Crippen LogP contribution in [0.4, 0.5) is 10.5 Å². The van der Waals surface area contributed by atoms with Crippen molar-refractivity contribution in [2.45, 2.75) is 19.0 Å². The van der Waals surface area contributed by atoms with E-state index in [0.29, 0.717) is 35.9 Å². The van der Waals surface area contributed by atoms with E-state index in [1.807, 2.05) is 0 Å². The van der Waals surface area contributed by atoms with Crippen molar-refractivity contribution in [3.05, 3.63) is 29.8 Å². The SMILES string of the molecule is COc1cc(N2C(=O)C3Cc4nc[nH]c4CN3C2=O)cc(OC)c1OC. The van der Waals surface area contributed by atoms with Crippen LogP contribution in [0, 0.1) is 0 Å². The molecule has 136 valence electrons. The molecular formula is C17H18N4O5. The van der Waals surface area contributed by atoms with Gasteiger partial charge in [-0.25, -0.2) is 14.7 Å². The zero-order chi connectivity index (χ0) is 18.4. The highest BCUT2D eigenvalue weighted by Crippen LogP contribution is 2.42. The third-order valence-corrected chi connectivity index (χ3v) is 4.75. The quantitative estimate of drug-likeness (QED) is 0.828. The Morgan fingerprint density at radius 1 is 1.12 bits per heavy atom. The van der Waals surface area contributed by atoms with E-state index >= 15 is 0 Å². The van der Waals surface area contributed by atoms with Crippen LogP contribution in [0.1, 0.15) is 11.4 Å². The predicted octanol–water partition coefficient (Wildman–Crippen LogP) is 1.33. The van der Waals surface area contributed by atoms with E-state index < -0.39 is 6.04 Å². The van der Waals surface area contributed by atoms with Crippen LogP contribution in [0.2, 0.25) is 0 Å². The molecule has 1 saturated heterocycles. The van der Waals surface area contributed by atoms with Gasteiger partial charge in [-0.1, -0.05) is 0 Å². The molecule has 2 aliphatic heterocycles. The molecule has 0 aliphatic carbocycles. The first kappa shape index (κ1) is 16.2. The molecule has 3 amide bonds. The second-order valence-electron chi connectivity index (χ2n) is 6.02. The Bertz CT molecular complexity index is 830. The second kappa shape index (κ2) is 5.94. The van der Waals surface area contributed by atoms with Crippen molar-refractivity contribution in [3.8, 4) is 17.2 Å². The van der Waals surface area contributed by atoms with Gasteiger partial charge in [-0.15, -0.1) is 0 Å². The minimum Gasteiger partial charge on any atom is -0.493 e. The lowest BCUT2D eigenvalue weighted by atomic mass is 10.0. The molecule has 0 radical (unpaired) electrons. The maximum absolute atomic E-state index is 12.9. The molecule has 0 bridgehead atoms. The van der Waals surface area contributed by atoms with Gasteiger partial charge >= 0.3 is 6.03 Å². The number of aromatic nitrogens is 2. The van der Waals surface area contributed by atoms with Gasteiger partial charge in [0.05, 0.1) is 51.3 Å². The average Bonchev–Trinajstić information content (AvgIpc) is 3.21. The van der Waals surface area contributed by atoms with Gasteiger partial charge in [0.25, 0.3) is 5.91 Å². The van der Waals surface area contributed by atoms with Crippen LogP contribution in [-0.2, 0) is 17.8 Å². The number of hydrogen-bond acceptors (Lipinski definition) is 6. The Morgan fingerprint density at radius 3 is 2.42 bits per heavy atom. The lowest BCUT2D eigenvalue weighted by Crippen LogP contribution is -2.40. The number of anilines is 1. The smallest absolute Gasteiger partial charge is 0.332 e. The largest absolute Gasteiger partial charge is 0.493 e. The normalized spacial score (nSPS) is 18.7. The number of nitrogens with zero attached hydrogens (tertiary/aromatic N) is 3. The first-order chi connectivity index (χ1) is 12.6. The highest BCUT2D eigenvalue weighted by atomic mass is 16.5. The summed E-state index contributed by atoms with van der Waals surface area (Å²) in [5.74, 6) is 0.853. The molecule has 1 fully saturated rings. The number of carbonyl (C=O) groups excluding carboxylic acids is 2. The summed E-state index contributed by atoms with van der Waals surface area (Å²) in [4.78, 5) is 35.8. The monoisotopic (exact) mass is 358 g/mol. The fraction of sp³-hybridized carbons (Fsp3) is 0.353. The third kappa shape index (κ3) is 2.20. The molecule has 1 unspecified atom stereocenters. The summed E-state index contributed by atoms with van der Waals surface area (Å²) in [7, 11) is 4.46. The summed E-state index contributed by atoms with van der Waals surface area (Å²) in [6.45, 7) is 0.325. The van der Waals surface area contributed by atoms with E-state index in [4.69, 9.17) is 14.2 Å². The maximum Gasteiger partial charge on any atom is 0.332 e. The zero-order valence-electron chi connectivity index (χ0n) is 14.6. The lowest BCUT2D eigenvalue weighted by molar-refractivity contribution is -0.120. The van der Waals surface area contributed by atoms with E-state index in [0.717, 1.165) is 16.3 Å². The number of carbonyl (C=O) groups is 2. The number of ether oxygens (including phenoxy) is 3. The van der Waals surface area contributed by atoms with E-state index in [1.165, 1.54) is 21.3 Å². The second-order valence-corrected chi connectivity index (χ2v) is 6.02. The van der Waals surface area contributed by atoms with Crippen molar-refractivity contribution in [1.29, 1.82) is 0 Å². The highest BCUT2D eigenvalue weighted by Gasteiger charge is 2.48. The molecule has 1 N–H and O–H groups in total. The van der Waals surface area contributed by atoms with Crippen molar-refractivity contribution in [1.82, 2.24) is 14.9 Å². The van der Waals surface area contributed by atoms with Crippen molar-refractivity contribution in [2.75, 3.05) is 26.2 Å². The number of rotatable bonds is 4. The molecule has 4 rings (SSSR count). The molecule has 3 heterocycles. The maximum atomic E-state index is 12.9. The number of imidazole rings is 1. The predicted molar refractivity (Wildman–Crippen MR) is 90.6 cm³/mol. The van der Waals surface area contributed by atoms with E-state index in [1.54, 1.807) is 23.4 Å². The van der Waals surface area contributed by atoms with E-state index in [2.05, 4.69) is 9.97 Å². The lowest BCUT2D eigenvalue weighted by Gasteiger charge is -2.25. The van der Waals surface area contributed by atoms with Gasteiger partial charge in [0.2, 0.25) is 5.75 Å². The van der Waals surface area contributed by atoms with E-state index in [9.17, 15) is 9.59 Å². The Balaban J connectivity index is 1.74. The fourth-order valence-corrected chi connectivity index (χ4v) is 3.46. The molecule has 2 aromatic rings. The average molecular weight is 358 g/mol. The van der Waals surface area contributed by atoms with Crippen LogP contribution in [-0.4, -0.2) is 54.2 Å². The minimum atomic E-state index is -0.558. The highest BCUT2D eigenvalue weighted by molar-refractivity contribution is 6.21. The number of methoxy groups -OCH3 is 3. The number of imide groups is 1. The molecule has 1 atom stereocenters. The number of hydrogen-bond donors (Lipinski definition) is 1. The fourth-order valence-electron chi connectivity index (χ4n) is 3.46. The summed E-state index contributed by atoms with van der Waals surface area (Å²) in [5.41, 5.74) is 2.05. The van der Waals surface area contributed by atoms with Crippen LogP contribution in [0.5, 0.6) is 17.2 Å². The number of aromatic amines is 1. The van der Waals surface area contributed by atoms with Crippen molar-refractivity contribution >= 4 is 17.6 Å². The molecule has 1 aromatic heterocycles. The van der Waals surface area contributed by atoms with Gasteiger partial charge in [0.15, 0.2) is 11.5 Å². The molecule has 2 aliphatic rings. The molecule has 0 saturated carbocycles. The van der Waals surface area contributed by atoms with Crippen molar-refractivity contribution in [3.63, 3.8) is 0 Å². The number of benzene rings is 1. The zero-order valence-corrected chi connectivity index (χ0v) is 14.6. The summed E-state index contributed by atoms with van der Waals surface area (Å²) in [6, 6.07) is 2.24. The molecule has 1 aromatic carbocycles. The van der Waals surface area contributed by atoms with Crippen LogP contribution in [0.3, 0.4) is 0 Å². The number of urea groups is 1. The van der Waals surface area contributed by atoms with Gasteiger partial charge in [0.1, 0.15) is 6.04 Å². The Labute approximate surface area is 149 Å². The number of nitrogens with one attached hydrogen (secondary N) is 1. The number of amides is 3. The van der Waals surface area contributed by atoms with Gasteiger partial charge in [-0.2, -0.15) is 0 Å². The topological polar surface area (TPSA) is 97.0 Å². The van der Waals surface area contributed by atoms with Crippen LogP contribution in [0.25, 0.3) is 0 Å². The molecule has 9 nitrogen and oxygen atoms in total. The number of H-pyrrole nitrogens is 1. The van der Waals surface area contributed by atoms with Crippen LogP contribution < -0.4 is 19.1 Å². The number of fused-ring (bicyclic) bond motifs is 2. The summed E-state index contributed by atoms with van der Waals surface area (Å²) < 4.78 is 15.9. The Morgan fingerprint density at radius 2 is 1.81 bits per heavy atom. The van der Waals surface area contributed by atoms with Crippen LogP contribution in [0.15, 0.2) is 18.5 Å². The molecule has 0 spiro atoms. The summed E-state index contributed by atoms with van der Waals surface area (Å²) >= 11 is 0. The first-order valence-corrected chi connectivity index (χ1v) is 8.04. The minimum absolute atomic E-state index is 0.294. The Hall–Kier alpha value is -3.23. The molecular weight excluding hydrogens is 340 g/mol. The van der Waals surface area contributed by atoms with Gasteiger partial charge in [0, 0.05) is 18.6 Å². The molecule has 9 heteroatoms. The van der Waals surface area contributed by atoms with Gasteiger partial charge in [-0.3, -0.25) is 4.79 Å². The standard InChI is InChI=1S/C17H18N4O5/c1-24-13-4-9(5-14(25-2)15(13)26-3)21-16(22)12-6-10-11(19-8-18-10)7-20(12)17(21)23/h4-5,8,12H,6-7H2,1-3H3,(H,18,19). The summed E-state index contributed by atoms with van der Waals surface area (Å²) in [5, 5.41) is 0. The van der Waals surface area contributed by atoms with Crippen LogP contribution >= 0.6 is 0 Å². The summed E-state index contributed by atoms with van der Waals surface area (Å²) in [6.07, 6.45) is 1.98. The van der Waals surface area contributed by atoms with Crippen molar-refractivity contribution < 1.29 is 23.8 Å². The Kier molecular flexibility index (Phi) is 3.71. The first-order valence-electron chi connectivity index (χ1n) is 8.04.